The minimum absolute atomic E-state index is 0.246. The molecule has 0 bridgehead atoms. The van der Waals surface area contributed by atoms with Gasteiger partial charge in [0, 0.05) is 36.2 Å². The largest absolute Gasteiger partial charge is 0.296 e. The molecule has 8 heteroatoms. The molecule has 0 radical (unpaired) electrons. The third-order valence-electron chi connectivity index (χ3n) is 4.89. The first-order valence-electron chi connectivity index (χ1n) is 9.06. The van der Waals surface area contributed by atoms with Gasteiger partial charge in [-0.1, -0.05) is 18.2 Å². The van der Waals surface area contributed by atoms with Crippen LogP contribution in [0.15, 0.2) is 53.0 Å². The zero-order valence-electron chi connectivity index (χ0n) is 14.9. The number of para-hydroxylation sites is 1. The van der Waals surface area contributed by atoms with Crippen LogP contribution >= 0.6 is 11.3 Å². The predicted molar refractivity (Wildman–Crippen MR) is 107 cm³/mol. The maximum absolute atomic E-state index is 12.9. The van der Waals surface area contributed by atoms with Crippen LogP contribution in [0.1, 0.15) is 17.8 Å². The Kier molecular flexibility index (Phi) is 5.49. The number of hydrogen-bond donors (Lipinski definition) is 1. The minimum Gasteiger partial charge on any atom is -0.296 e. The number of benzene rings is 1. The molecule has 0 spiro atoms. The fraction of sp³-hybridized carbons (Fsp3) is 0.368. The number of piperidine rings is 1. The van der Waals surface area contributed by atoms with Crippen LogP contribution in [0, 0.1) is 5.92 Å². The van der Waals surface area contributed by atoms with Gasteiger partial charge in [-0.05, 0) is 37.4 Å². The van der Waals surface area contributed by atoms with Gasteiger partial charge in [-0.15, -0.1) is 11.3 Å². The highest BCUT2D eigenvalue weighted by molar-refractivity contribution is 7.89. The minimum atomic E-state index is -3.59. The van der Waals surface area contributed by atoms with E-state index >= 15 is 0 Å². The van der Waals surface area contributed by atoms with Gasteiger partial charge < -0.3 is 0 Å². The number of nitrogens with zero attached hydrogens (tertiary/aromatic N) is 3. The summed E-state index contributed by atoms with van der Waals surface area (Å²) in [7, 11) is -3.59. The number of thiazole rings is 1. The molecular weight excluding hydrogens is 380 g/mol. The number of sulfonamides is 1. The van der Waals surface area contributed by atoms with Crippen molar-refractivity contribution in [2.75, 3.05) is 19.6 Å². The van der Waals surface area contributed by atoms with Crippen molar-refractivity contribution in [3.8, 4) is 0 Å². The highest BCUT2D eigenvalue weighted by Gasteiger charge is 2.24. The summed E-state index contributed by atoms with van der Waals surface area (Å²) in [5.74, 6) is 0.302. The van der Waals surface area contributed by atoms with E-state index in [1.54, 1.807) is 29.7 Å². The third-order valence-corrected chi connectivity index (χ3v) is 7.11. The quantitative estimate of drug-likeness (QED) is 0.686. The molecule has 1 N–H and O–H groups in total. The summed E-state index contributed by atoms with van der Waals surface area (Å²) in [5.41, 5.74) is 0.515. The number of aromatic nitrogens is 2. The Balaban J connectivity index is 1.42. The summed E-state index contributed by atoms with van der Waals surface area (Å²) < 4.78 is 28.5. The number of nitrogens with one attached hydrogen (secondary N) is 1. The monoisotopic (exact) mass is 402 g/mol. The van der Waals surface area contributed by atoms with Crippen molar-refractivity contribution in [3.63, 3.8) is 0 Å². The van der Waals surface area contributed by atoms with Crippen molar-refractivity contribution in [1.82, 2.24) is 19.6 Å². The molecule has 4 rings (SSSR count). The summed E-state index contributed by atoms with van der Waals surface area (Å²) in [6, 6.07) is 8.94. The molecule has 3 aromatic rings. The second-order valence-electron chi connectivity index (χ2n) is 6.85. The van der Waals surface area contributed by atoms with Crippen LogP contribution in [-0.2, 0) is 16.6 Å². The first-order chi connectivity index (χ1) is 13.1. The van der Waals surface area contributed by atoms with Gasteiger partial charge in [0.15, 0.2) is 0 Å². The molecule has 1 atom stereocenters. The molecule has 1 saturated heterocycles. The second kappa shape index (κ2) is 8.02. The molecule has 1 fully saturated rings. The lowest BCUT2D eigenvalue weighted by Gasteiger charge is -2.32. The molecule has 142 valence electrons. The van der Waals surface area contributed by atoms with E-state index < -0.39 is 10.0 Å². The van der Waals surface area contributed by atoms with Gasteiger partial charge in [0.1, 0.15) is 9.90 Å². The van der Waals surface area contributed by atoms with E-state index in [1.165, 1.54) is 0 Å². The first-order valence-corrected chi connectivity index (χ1v) is 11.4. The third kappa shape index (κ3) is 4.35. The molecule has 6 nitrogen and oxygen atoms in total. The van der Waals surface area contributed by atoms with Crippen LogP contribution in [0.3, 0.4) is 0 Å². The van der Waals surface area contributed by atoms with Crippen molar-refractivity contribution in [2.45, 2.75) is 24.3 Å². The Hall–Kier alpha value is -1.87. The Morgan fingerprint density at radius 2 is 2.07 bits per heavy atom. The molecule has 0 unspecified atom stereocenters. The van der Waals surface area contributed by atoms with Crippen LogP contribution in [-0.4, -0.2) is 42.9 Å². The number of hydrogen-bond acceptors (Lipinski definition) is 6. The van der Waals surface area contributed by atoms with Crippen LogP contribution in [0.25, 0.3) is 10.9 Å². The molecule has 0 amide bonds. The lowest BCUT2D eigenvalue weighted by molar-refractivity contribution is 0.168. The van der Waals surface area contributed by atoms with E-state index in [0.717, 1.165) is 42.9 Å². The Morgan fingerprint density at radius 3 is 2.93 bits per heavy atom. The molecule has 0 saturated carbocycles. The molecule has 1 aliphatic heterocycles. The van der Waals surface area contributed by atoms with E-state index in [1.807, 2.05) is 29.8 Å². The average Bonchev–Trinajstić information content (AvgIpc) is 3.19. The van der Waals surface area contributed by atoms with E-state index in [2.05, 4.69) is 19.6 Å². The summed E-state index contributed by atoms with van der Waals surface area (Å²) in [4.78, 5) is 11.2. The molecule has 0 aliphatic carbocycles. The molecule has 27 heavy (non-hydrogen) atoms. The molecular formula is C19H22N4O2S2. The van der Waals surface area contributed by atoms with Gasteiger partial charge in [0.25, 0.3) is 0 Å². The van der Waals surface area contributed by atoms with Crippen LogP contribution in [0.5, 0.6) is 0 Å². The van der Waals surface area contributed by atoms with Gasteiger partial charge in [-0.3, -0.25) is 9.88 Å². The zero-order chi connectivity index (χ0) is 18.7. The topological polar surface area (TPSA) is 75.2 Å². The summed E-state index contributed by atoms with van der Waals surface area (Å²) >= 11 is 1.66. The second-order valence-corrected chi connectivity index (χ2v) is 9.57. The van der Waals surface area contributed by atoms with Crippen LogP contribution in [0.2, 0.25) is 0 Å². The van der Waals surface area contributed by atoms with Crippen molar-refractivity contribution < 1.29 is 8.42 Å². The lowest BCUT2D eigenvalue weighted by Crippen LogP contribution is -2.40. The standard InChI is InChI=1S/C19H22N4O2S2/c24-27(25,17-7-1-5-16-6-2-8-21-19(16)17)22-12-15-4-3-10-23(13-15)14-18-20-9-11-26-18/h1-2,5-9,11,15,22H,3-4,10,12-14H2/t15-/m1/s1. The number of likely N-dealkylation sites (tertiary alicyclic amines) is 1. The fourth-order valence-corrected chi connectivity index (χ4v) is 5.53. The van der Waals surface area contributed by atoms with Gasteiger partial charge >= 0.3 is 0 Å². The molecule has 3 heterocycles. The maximum Gasteiger partial charge on any atom is 0.242 e. The van der Waals surface area contributed by atoms with Crippen molar-refractivity contribution in [2.24, 2.45) is 5.92 Å². The lowest BCUT2D eigenvalue weighted by atomic mass is 9.98. The van der Waals surface area contributed by atoms with Gasteiger partial charge in [-0.25, -0.2) is 18.1 Å². The highest BCUT2D eigenvalue weighted by Crippen LogP contribution is 2.22. The predicted octanol–water partition coefficient (Wildman–Crippen LogP) is 2.88. The number of pyridine rings is 1. The SMILES string of the molecule is O=S(=O)(NC[C@H]1CCCN(Cc2nccs2)C1)c1cccc2cccnc12. The van der Waals surface area contributed by atoms with E-state index in [4.69, 9.17) is 0 Å². The van der Waals surface area contributed by atoms with Crippen molar-refractivity contribution in [1.29, 1.82) is 0 Å². The van der Waals surface area contributed by atoms with Crippen LogP contribution < -0.4 is 4.72 Å². The van der Waals surface area contributed by atoms with Crippen LogP contribution in [0.4, 0.5) is 0 Å². The Bertz CT molecular complexity index is 1000. The van der Waals surface area contributed by atoms with Gasteiger partial charge in [0.2, 0.25) is 10.0 Å². The normalized spacial score (nSPS) is 18.7. The average molecular weight is 403 g/mol. The summed E-state index contributed by atoms with van der Waals surface area (Å²) in [6.07, 6.45) is 5.56. The molecule has 1 aromatic carbocycles. The first kappa shape index (κ1) is 18.5. The highest BCUT2D eigenvalue weighted by atomic mass is 32.2. The summed E-state index contributed by atoms with van der Waals surface area (Å²) in [5, 5.41) is 3.93. The van der Waals surface area contributed by atoms with Gasteiger partial charge in [-0.2, -0.15) is 0 Å². The van der Waals surface area contributed by atoms with Crippen molar-refractivity contribution >= 4 is 32.3 Å². The Labute approximate surface area is 163 Å². The van der Waals surface area contributed by atoms with Gasteiger partial charge in [0.05, 0.1) is 12.1 Å². The molecule has 2 aromatic heterocycles. The Morgan fingerprint density at radius 1 is 1.19 bits per heavy atom. The van der Waals surface area contributed by atoms with E-state index in [9.17, 15) is 8.42 Å². The van der Waals surface area contributed by atoms with Crippen molar-refractivity contribution in [3.05, 3.63) is 53.1 Å². The van der Waals surface area contributed by atoms with E-state index in [0.29, 0.717) is 18.0 Å². The smallest absolute Gasteiger partial charge is 0.242 e. The summed E-state index contributed by atoms with van der Waals surface area (Å²) in [6.45, 7) is 3.21. The van der Waals surface area contributed by atoms with E-state index in [-0.39, 0.29) is 4.90 Å². The fourth-order valence-electron chi connectivity index (χ4n) is 3.58. The number of rotatable bonds is 6. The zero-order valence-corrected chi connectivity index (χ0v) is 16.5. The maximum atomic E-state index is 12.9. The molecule has 1 aliphatic rings. The number of fused-ring (bicyclic) bond motifs is 1.